The normalized spacial score (nSPS) is 36.9. The summed E-state index contributed by atoms with van der Waals surface area (Å²) in [4.78, 5) is 23.7. The number of aliphatic hydroxyl groups is 6. The second-order valence-corrected chi connectivity index (χ2v) is 8.79. The average Bonchev–Trinajstić information content (AvgIpc) is 2.85. The van der Waals surface area contributed by atoms with Gasteiger partial charge in [0.2, 0.25) is 11.8 Å². The molecule has 6 unspecified atom stereocenters. The average molecular weight is 526 g/mol. The maximum absolute atomic E-state index is 11.9. The van der Waals surface area contributed by atoms with Crippen LogP contribution in [0.1, 0.15) is 13.8 Å². The molecule has 0 aromatic rings. The zero-order chi connectivity index (χ0) is 26.8. The molecule has 0 saturated carbocycles. The molecule has 0 aromatic carbocycles. The van der Waals surface area contributed by atoms with E-state index in [-0.39, 0.29) is 57.3 Å². The van der Waals surface area contributed by atoms with Crippen molar-refractivity contribution in [1.82, 2.24) is 16.0 Å². The number of aliphatic hydroxyl groups excluding tert-OH is 6. The van der Waals surface area contributed by atoms with Gasteiger partial charge in [-0.2, -0.15) is 0 Å². The van der Waals surface area contributed by atoms with E-state index in [2.05, 4.69) is 16.0 Å². The largest absolute Gasteiger partial charge is 0.394 e. The van der Waals surface area contributed by atoms with Crippen LogP contribution in [0, 0.1) is 5.92 Å². The van der Waals surface area contributed by atoms with Gasteiger partial charge >= 0.3 is 0 Å². The van der Waals surface area contributed by atoms with Crippen LogP contribution in [0.2, 0.25) is 0 Å². The predicted molar refractivity (Wildman–Crippen MR) is 120 cm³/mol. The van der Waals surface area contributed by atoms with Crippen LogP contribution in [-0.4, -0.2) is 144 Å². The fraction of sp³-hybridized carbons (Fsp3) is 0.905. The lowest BCUT2D eigenvalue weighted by Crippen LogP contribution is -2.59. The smallest absolute Gasteiger partial charge is 0.234 e. The molecular weight excluding hydrogens is 486 g/mol. The minimum atomic E-state index is -1.55. The third-order valence-corrected chi connectivity index (χ3v) is 6.09. The lowest BCUT2D eigenvalue weighted by molar-refractivity contribution is -0.300. The zero-order valence-electron chi connectivity index (χ0n) is 20.4. The van der Waals surface area contributed by atoms with E-state index in [0.717, 1.165) is 0 Å². The van der Waals surface area contributed by atoms with Crippen molar-refractivity contribution in [3.63, 3.8) is 0 Å². The van der Waals surface area contributed by atoms with E-state index < -0.39 is 61.7 Å². The number of hydrogen-bond acceptors (Lipinski definition) is 13. The van der Waals surface area contributed by atoms with Crippen molar-refractivity contribution >= 4 is 11.8 Å². The Morgan fingerprint density at radius 1 is 0.750 bits per heavy atom. The Morgan fingerprint density at radius 2 is 1.25 bits per heavy atom. The Morgan fingerprint density at radius 3 is 1.78 bits per heavy atom. The van der Waals surface area contributed by atoms with E-state index in [4.69, 9.17) is 24.1 Å². The second kappa shape index (κ2) is 15.0. The Balaban J connectivity index is 1.51. The quantitative estimate of drug-likeness (QED) is 0.103. The SMILES string of the molecule is CC1O[C@H](OCCNC(=O)CNCC(=O)NCCO[C@H]2OC(CO)[C@@H](O)C(O)C2O)C(O)C(O)[C@@H]1C. The minimum absolute atomic E-state index is 0.0419. The van der Waals surface area contributed by atoms with Gasteiger partial charge in [0, 0.05) is 19.0 Å². The number of amides is 2. The first-order chi connectivity index (χ1) is 17.1. The number of ether oxygens (including phenoxy) is 4. The molecule has 10 atom stereocenters. The molecule has 0 bridgehead atoms. The maximum atomic E-state index is 11.9. The highest BCUT2D eigenvalue weighted by molar-refractivity contribution is 5.81. The Bertz CT molecular complexity index is 687. The molecule has 0 spiro atoms. The number of hydrogen-bond donors (Lipinski definition) is 9. The van der Waals surface area contributed by atoms with Gasteiger partial charge in [-0.05, 0) is 6.92 Å². The molecule has 15 heteroatoms. The number of carbonyl (C=O) groups is 2. The van der Waals surface area contributed by atoms with Crippen molar-refractivity contribution in [2.75, 3.05) is 46.0 Å². The fourth-order valence-electron chi connectivity index (χ4n) is 3.65. The standard InChI is InChI=1S/C21H39N3O12/c1-10-11(2)35-20(18(31)15(10)28)33-5-3-23-13(26)7-22-8-14(27)24-4-6-34-21-19(32)17(30)16(29)12(9-25)36-21/h10-12,15-22,25,28-32H,3-9H2,1-2H3,(H,23,26)(H,24,27)/t10-,11?,12?,15?,16-,17?,18?,19?,20+,21+/m1/s1. The predicted octanol–water partition coefficient (Wildman–Crippen LogP) is -5.26. The van der Waals surface area contributed by atoms with Crippen LogP contribution in [0.3, 0.4) is 0 Å². The molecule has 2 aliphatic heterocycles. The summed E-state index contributed by atoms with van der Waals surface area (Å²) in [6.07, 6.45) is -10.4. The van der Waals surface area contributed by atoms with Crippen molar-refractivity contribution in [2.45, 2.75) is 69.2 Å². The van der Waals surface area contributed by atoms with Crippen molar-refractivity contribution in [3.8, 4) is 0 Å². The van der Waals surface area contributed by atoms with E-state index in [1.807, 2.05) is 0 Å². The lowest BCUT2D eigenvalue weighted by Gasteiger charge is -2.39. The first-order valence-electron chi connectivity index (χ1n) is 11.9. The highest BCUT2D eigenvalue weighted by Crippen LogP contribution is 2.26. The summed E-state index contributed by atoms with van der Waals surface area (Å²) in [5, 5.41) is 66.2. The van der Waals surface area contributed by atoms with Crippen molar-refractivity contribution in [3.05, 3.63) is 0 Å². The molecule has 2 fully saturated rings. The summed E-state index contributed by atoms with van der Waals surface area (Å²) < 4.78 is 21.4. The van der Waals surface area contributed by atoms with E-state index in [1.54, 1.807) is 13.8 Å². The van der Waals surface area contributed by atoms with Gasteiger partial charge in [-0.25, -0.2) is 0 Å². The molecule has 15 nitrogen and oxygen atoms in total. The minimum Gasteiger partial charge on any atom is -0.394 e. The maximum Gasteiger partial charge on any atom is 0.234 e. The number of carbonyl (C=O) groups excluding carboxylic acids is 2. The Kier molecular flexibility index (Phi) is 12.8. The van der Waals surface area contributed by atoms with Gasteiger partial charge in [0.05, 0.1) is 45.1 Å². The highest BCUT2D eigenvalue weighted by atomic mass is 16.7. The van der Waals surface area contributed by atoms with Crippen LogP contribution in [-0.2, 0) is 28.5 Å². The molecule has 0 radical (unpaired) electrons. The zero-order valence-corrected chi connectivity index (χ0v) is 20.4. The van der Waals surface area contributed by atoms with E-state index >= 15 is 0 Å². The van der Waals surface area contributed by atoms with Gasteiger partial charge in [0.25, 0.3) is 0 Å². The van der Waals surface area contributed by atoms with Gasteiger partial charge in [-0.15, -0.1) is 0 Å². The van der Waals surface area contributed by atoms with Crippen LogP contribution in [0.25, 0.3) is 0 Å². The molecule has 2 saturated heterocycles. The summed E-state index contributed by atoms with van der Waals surface area (Å²) in [5.41, 5.74) is 0. The molecule has 36 heavy (non-hydrogen) atoms. The summed E-state index contributed by atoms with van der Waals surface area (Å²) in [7, 11) is 0. The Labute approximate surface area is 208 Å². The van der Waals surface area contributed by atoms with Crippen LogP contribution >= 0.6 is 0 Å². The van der Waals surface area contributed by atoms with Gasteiger partial charge in [0.15, 0.2) is 12.6 Å². The monoisotopic (exact) mass is 525 g/mol. The van der Waals surface area contributed by atoms with Crippen LogP contribution < -0.4 is 16.0 Å². The van der Waals surface area contributed by atoms with Crippen LogP contribution in [0.5, 0.6) is 0 Å². The summed E-state index contributed by atoms with van der Waals surface area (Å²) in [6.45, 7) is 2.82. The molecule has 9 N–H and O–H groups in total. The number of nitrogens with one attached hydrogen (secondary N) is 3. The van der Waals surface area contributed by atoms with Crippen molar-refractivity contribution in [1.29, 1.82) is 0 Å². The van der Waals surface area contributed by atoms with E-state index in [1.165, 1.54) is 0 Å². The first kappa shape index (κ1) is 30.7. The summed E-state index contributed by atoms with van der Waals surface area (Å²) >= 11 is 0. The van der Waals surface area contributed by atoms with Crippen molar-refractivity contribution in [2.24, 2.45) is 5.92 Å². The molecule has 2 heterocycles. The van der Waals surface area contributed by atoms with E-state index in [0.29, 0.717) is 0 Å². The molecule has 2 aliphatic rings. The topological polar surface area (TPSA) is 229 Å². The Hall–Kier alpha value is -1.50. The molecule has 0 aromatic heterocycles. The molecule has 2 amide bonds. The van der Waals surface area contributed by atoms with E-state index in [9.17, 15) is 35.1 Å². The molecular formula is C21H39N3O12. The molecule has 0 aliphatic carbocycles. The van der Waals surface area contributed by atoms with Gasteiger partial charge in [0.1, 0.15) is 30.5 Å². The number of rotatable bonds is 13. The second-order valence-electron chi connectivity index (χ2n) is 8.79. The summed E-state index contributed by atoms with van der Waals surface area (Å²) in [5.74, 6) is -1.05. The van der Waals surface area contributed by atoms with Gasteiger partial charge < -0.3 is 60.2 Å². The van der Waals surface area contributed by atoms with Gasteiger partial charge in [-0.3, -0.25) is 14.9 Å². The molecule has 2 rings (SSSR count). The van der Waals surface area contributed by atoms with Crippen LogP contribution in [0.4, 0.5) is 0 Å². The molecule has 210 valence electrons. The highest BCUT2D eigenvalue weighted by Gasteiger charge is 2.44. The third-order valence-electron chi connectivity index (χ3n) is 6.09. The first-order valence-corrected chi connectivity index (χ1v) is 11.9. The van der Waals surface area contributed by atoms with Gasteiger partial charge in [-0.1, -0.05) is 6.92 Å². The fourth-order valence-corrected chi connectivity index (χ4v) is 3.65. The van der Waals surface area contributed by atoms with Crippen LogP contribution in [0.15, 0.2) is 0 Å². The summed E-state index contributed by atoms with van der Waals surface area (Å²) in [6, 6.07) is 0. The van der Waals surface area contributed by atoms with Crippen molar-refractivity contribution < 1.29 is 59.2 Å². The third kappa shape index (κ3) is 8.81. The lowest BCUT2D eigenvalue weighted by atomic mass is 9.92.